The van der Waals surface area contributed by atoms with Crippen molar-refractivity contribution < 1.29 is 9.53 Å². The second-order valence-electron chi connectivity index (χ2n) is 6.27. The van der Waals surface area contributed by atoms with Crippen LogP contribution in [0, 0.1) is 0 Å². The third kappa shape index (κ3) is 4.13. The van der Waals surface area contributed by atoms with Gasteiger partial charge in [-0.05, 0) is 31.2 Å². The molecule has 4 aromatic rings. The molecule has 0 aliphatic rings. The van der Waals surface area contributed by atoms with Crippen LogP contribution in [0.25, 0.3) is 21.3 Å². The summed E-state index contributed by atoms with van der Waals surface area (Å²) in [5, 5.41) is 1.67. The number of amides is 1. The highest BCUT2D eigenvalue weighted by Crippen LogP contribution is 2.25. The predicted octanol–water partition coefficient (Wildman–Crippen LogP) is 4.32. The first-order valence-corrected chi connectivity index (χ1v) is 10.8. The van der Waals surface area contributed by atoms with Gasteiger partial charge in [-0.3, -0.25) is 4.79 Å². The first kappa shape index (κ1) is 18.8. The molecule has 8 heteroatoms. The summed E-state index contributed by atoms with van der Waals surface area (Å²) < 4.78 is 6.65. The van der Waals surface area contributed by atoms with Gasteiger partial charge in [-0.15, -0.1) is 11.3 Å². The molecule has 6 nitrogen and oxygen atoms in total. The molecule has 144 valence electrons. The van der Waals surface area contributed by atoms with Crippen LogP contribution in [-0.4, -0.2) is 45.2 Å². The number of aromatic nitrogens is 3. The Morgan fingerprint density at radius 3 is 2.89 bits per heavy atom. The number of para-hydroxylation sites is 1. The van der Waals surface area contributed by atoms with Crippen molar-refractivity contribution >= 4 is 50.3 Å². The molecular formula is C20H20N4O2S2. The molecule has 0 spiro atoms. The number of nitrogens with one attached hydrogen (secondary N) is 1. The smallest absolute Gasteiger partial charge is 0.233 e. The van der Waals surface area contributed by atoms with Crippen LogP contribution < -0.4 is 4.74 Å². The Kier molecular flexibility index (Phi) is 5.50. The molecule has 2 aromatic heterocycles. The fraction of sp³-hybridized carbons (Fsp3) is 0.250. The van der Waals surface area contributed by atoms with E-state index in [0.29, 0.717) is 18.9 Å². The zero-order chi connectivity index (χ0) is 19.5. The normalized spacial score (nSPS) is 11.2. The van der Waals surface area contributed by atoms with Gasteiger partial charge < -0.3 is 14.6 Å². The molecule has 0 saturated heterocycles. The van der Waals surface area contributed by atoms with Crippen LogP contribution in [0.2, 0.25) is 0 Å². The largest absolute Gasteiger partial charge is 0.494 e. The second kappa shape index (κ2) is 8.20. The van der Waals surface area contributed by atoms with Gasteiger partial charge in [0.15, 0.2) is 5.16 Å². The summed E-state index contributed by atoms with van der Waals surface area (Å²) in [6, 6.07) is 13.8. The average molecular weight is 413 g/mol. The number of fused-ring (bicyclic) bond motifs is 2. The van der Waals surface area contributed by atoms with E-state index in [-0.39, 0.29) is 5.91 Å². The number of ether oxygens (including phenoxy) is 1. The lowest BCUT2D eigenvalue weighted by Gasteiger charge is -2.14. The number of carbonyl (C=O) groups is 1. The molecule has 0 aliphatic carbocycles. The molecular weight excluding hydrogens is 392 g/mol. The van der Waals surface area contributed by atoms with Crippen LogP contribution in [-0.2, 0) is 11.3 Å². The highest BCUT2D eigenvalue weighted by molar-refractivity contribution is 7.99. The number of aromatic amines is 1. The van der Waals surface area contributed by atoms with Gasteiger partial charge in [-0.2, -0.15) is 0 Å². The number of hydrogen-bond donors (Lipinski definition) is 1. The Morgan fingerprint density at radius 2 is 2.07 bits per heavy atom. The minimum Gasteiger partial charge on any atom is -0.494 e. The van der Waals surface area contributed by atoms with E-state index >= 15 is 0 Å². The van der Waals surface area contributed by atoms with Crippen LogP contribution in [0.3, 0.4) is 0 Å². The molecule has 0 fully saturated rings. The van der Waals surface area contributed by atoms with Crippen LogP contribution in [0.1, 0.15) is 11.9 Å². The molecule has 0 bridgehead atoms. The third-order valence-electron chi connectivity index (χ3n) is 4.21. The zero-order valence-electron chi connectivity index (χ0n) is 15.6. The van der Waals surface area contributed by atoms with Gasteiger partial charge in [0, 0.05) is 13.1 Å². The van der Waals surface area contributed by atoms with Crippen molar-refractivity contribution in [3.8, 4) is 5.75 Å². The molecule has 4 rings (SSSR count). The third-order valence-corrected chi connectivity index (χ3v) is 6.09. The van der Waals surface area contributed by atoms with E-state index in [4.69, 9.17) is 4.74 Å². The van der Waals surface area contributed by atoms with E-state index in [2.05, 4.69) is 15.0 Å². The highest BCUT2D eigenvalue weighted by Gasteiger charge is 2.14. The lowest BCUT2D eigenvalue weighted by Crippen LogP contribution is -2.27. The Balaban J connectivity index is 1.37. The number of thioether (sulfide) groups is 1. The first-order chi connectivity index (χ1) is 13.6. The van der Waals surface area contributed by atoms with E-state index < -0.39 is 0 Å². The van der Waals surface area contributed by atoms with E-state index in [0.717, 1.165) is 37.2 Å². The maximum Gasteiger partial charge on any atom is 0.233 e. The lowest BCUT2D eigenvalue weighted by molar-refractivity contribution is -0.127. The molecule has 0 aliphatic heterocycles. The monoisotopic (exact) mass is 412 g/mol. The Labute approximate surface area is 170 Å². The molecule has 1 amide bonds. The van der Waals surface area contributed by atoms with Gasteiger partial charge >= 0.3 is 0 Å². The fourth-order valence-electron chi connectivity index (χ4n) is 2.81. The van der Waals surface area contributed by atoms with E-state index in [1.165, 1.54) is 11.8 Å². The van der Waals surface area contributed by atoms with E-state index in [9.17, 15) is 4.79 Å². The Morgan fingerprint density at radius 1 is 1.21 bits per heavy atom. The van der Waals surface area contributed by atoms with Crippen molar-refractivity contribution in [2.75, 3.05) is 19.4 Å². The highest BCUT2D eigenvalue weighted by atomic mass is 32.2. The van der Waals surface area contributed by atoms with Crippen LogP contribution in [0.15, 0.2) is 47.6 Å². The maximum atomic E-state index is 12.5. The van der Waals surface area contributed by atoms with Gasteiger partial charge in [0.2, 0.25) is 5.91 Å². The number of benzene rings is 2. The first-order valence-electron chi connectivity index (χ1n) is 8.96. The standard InChI is InChI=1S/C20H20N4O2S2/c1-3-26-13-8-9-14-16(10-13)23-20(22-14)27-12-19(25)24(2)11-18-21-15-6-4-5-7-17(15)28-18/h4-10H,3,11-12H2,1-2H3,(H,22,23). The number of hydrogen-bond acceptors (Lipinski definition) is 6. The van der Waals surface area contributed by atoms with Crippen molar-refractivity contribution in [1.29, 1.82) is 0 Å². The molecule has 0 saturated carbocycles. The van der Waals surface area contributed by atoms with Gasteiger partial charge in [0.05, 0.1) is 40.2 Å². The number of carbonyl (C=O) groups excluding carboxylic acids is 1. The maximum absolute atomic E-state index is 12.5. The molecule has 0 radical (unpaired) electrons. The summed E-state index contributed by atoms with van der Waals surface area (Å²) in [5.41, 5.74) is 2.75. The molecule has 0 unspecified atom stereocenters. The molecule has 28 heavy (non-hydrogen) atoms. The van der Waals surface area contributed by atoms with E-state index in [1.807, 2.05) is 56.4 Å². The SMILES string of the molecule is CCOc1ccc2nc(SCC(=O)N(C)Cc3nc4ccccc4s3)[nH]c2c1. The number of thiazole rings is 1. The van der Waals surface area contributed by atoms with Gasteiger partial charge in [0.25, 0.3) is 0 Å². The van der Waals surface area contributed by atoms with Crippen molar-refractivity contribution in [2.24, 2.45) is 0 Å². The van der Waals surface area contributed by atoms with Crippen molar-refractivity contribution in [3.05, 3.63) is 47.5 Å². The van der Waals surface area contributed by atoms with Crippen molar-refractivity contribution in [1.82, 2.24) is 19.9 Å². The van der Waals surface area contributed by atoms with Crippen LogP contribution >= 0.6 is 23.1 Å². The zero-order valence-corrected chi connectivity index (χ0v) is 17.3. The predicted molar refractivity (Wildman–Crippen MR) is 114 cm³/mol. The molecule has 2 aromatic carbocycles. The van der Waals surface area contributed by atoms with Gasteiger partial charge in [0.1, 0.15) is 10.8 Å². The number of rotatable bonds is 7. The number of imidazole rings is 1. The average Bonchev–Trinajstić information content (AvgIpc) is 3.28. The summed E-state index contributed by atoms with van der Waals surface area (Å²) in [6.45, 7) is 3.09. The summed E-state index contributed by atoms with van der Waals surface area (Å²) in [6.07, 6.45) is 0. The van der Waals surface area contributed by atoms with Crippen molar-refractivity contribution in [3.63, 3.8) is 0 Å². The van der Waals surface area contributed by atoms with Crippen LogP contribution in [0.5, 0.6) is 5.75 Å². The van der Waals surface area contributed by atoms with Gasteiger partial charge in [-0.25, -0.2) is 9.97 Å². The summed E-state index contributed by atoms with van der Waals surface area (Å²) >= 11 is 3.03. The van der Waals surface area contributed by atoms with Gasteiger partial charge in [-0.1, -0.05) is 23.9 Å². The second-order valence-corrected chi connectivity index (χ2v) is 8.35. The topological polar surface area (TPSA) is 71.1 Å². The Bertz CT molecular complexity index is 1090. The van der Waals surface area contributed by atoms with E-state index in [1.54, 1.807) is 16.2 Å². The number of nitrogens with zero attached hydrogens (tertiary/aromatic N) is 3. The molecule has 1 N–H and O–H groups in total. The Hall–Kier alpha value is -2.58. The summed E-state index contributed by atoms with van der Waals surface area (Å²) in [4.78, 5) is 26.6. The lowest BCUT2D eigenvalue weighted by atomic mass is 10.3. The minimum absolute atomic E-state index is 0.0414. The fourth-order valence-corrected chi connectivity index (χ4v) is 4.66. The minimum atomic E-state index is 0.0414. The quantitative estimate of drug-likeness (QED) is 0.458. The molecule has 0 atom stereocenters. The van der Waals surface area contributed by atoms with Crippen molar-refractivity contribution in [2.45, 2.75) is 18.6 Å². The summed E-state index contributed by atoms with van der Waals surface area (Å²) in [7, 11) is 1.81. The summed E-state index contributed by atoms with van der Waals surface area (Å²) in [5.74, 6) is 1.17. The van der Waals surface area contributed by atoms with Crippen LogP contribution in [0.4, 0.5) is 0 Å². The number of H-pyrrole nitrogens is 1. The molecule has 2 heterocycles.